The SMILES string of the molecule is FC(F)(F)C(F)(F)C(F)(F)C(F)(F)C(F)(F)C(F)(F)C(F)(F)C(F)(F)F.O=[S-](=O)O.[K+]. The van der Waals surface area contributed by atoms with Crippen LogP contribution in [0.1, 0.15) is 0 Å². The van der Waals surface area contributed by atoms with Gasteiger partial charge >= 0.3 is 99.3 Å². The summed E-state index contributed by atoms with van der Waals surface area (Å²) in [6.45, 7) is 0. The van der Waals surface area contributed by atoms with Gasteiger partial charge in [0.1, 0.15) is 0 Å². The zero-order chi connectivity index (χ0) is 25.6. The molecule has 0 bridgehead atoms. The van der Waals surface area contributed by atoms with Gasteiger partial charge in [-0.2, -0.15) is 79.0 Å². The fraction of sp³-hybridized carbons (Fsp3) is 1.00. The summed E-state index contributed by atoms with van der Waals surface area (Å²) in [4.78, 5) is 0. The van der Waals surface area contributed by atoms with E-state index in [0.29, 0.717) is 0 Å². The van der Waals surface area contributed by atoms with E-state index in [4.69, 9.17) is 13.0 Å². The molecule has 0 unspecified atom stereocenters. The maximum atomic E-state index is 12.8. The van der Waals surface area contributed by atoms with Gasteiger partial charge in [-0.1, -0.05) is 0 Å². The van der Waals surface area contributed by atoms with Crippen LogP contribution in [0.2, 0.25) is 0 Å². The summed E-state index contributed by atoms with van der Waals surface area (Å²) in [6.07, 6.45) is -15.6. The molecule has 0 heterocycles. The molecule has 0 radical (unpaired) electrons. The van der Waals surface area contributed by atoms with E-state index < -0.39 is 58.9 Å². The third kappa shape index (κ3) is 6.05. The zero-order valence-corrected chi connectivity index (χ0v) is 17.4. The van der Waals surface area contributed by atoms with Crippen LogP contribution in [-0.2, 0) is 19.4 Å². The molecule has 0 amide bonds. The number of alkyl halides is 18. The standard InChI is InChI=1S/C8F18.K.HO3S/c9-1(10,3(13,14)5(17,18)7(21,22)23)2(11,12)4(15,16)6(19,20)8(24,25)26;;1-4(2)3/h;;(H,1,2,3)/q;+1;-1. The number of rotatable bonds is 5. The molecule has 23 heteroatoms. The second kappa shape index (κ2) is 9.88. The van der Waals surface area contributed by atoms with Crippen molar-refractivity contribution in [3.8, 4) is 0 Å². The van der Waals surface area contributed by atoms with Crippen molar-refractivity contribution in [1.29, 1.82) is 0 Å². The maximum Gasteiger partial charge on any atom is 1.00 e. The molecule has 0 fully saturated rings. The van der Waals surface area contributed by atoms with Gasteiger partial charge in [0.2, 0.25) is 0 Å². The molecule has 0 saturated heterocycles. The normalized spacial score (nSPS) is 15.2. The van der Waals surface area contributed by atoms with Crippen molar-refractivity contribution in [3.05, 3.63) is 0 Å². The molecule has 0 aliphatic heterocycles. The fourth-order valence-electron chi connectivity index (χ4n) is 1.14. The van der Waals surface area contributed by atoms with Gasteiger partial charge in [-0.15, -0.1) is 0 Å². The van der Waals surface area contributed by atoms with Gasteiger partial charge in [-0.05, 0) is 0 Å². The second-order valence-electron chi connectivity index (χ2n) is 4.66. The van der Waals surface area contributed by atoms with Crippen LogP contribution in [0.5, 0.6) is 0 Å². The van der Waals surface area contributed by atoms with E-state index in [1.807, 2.05) is 0 Å². The summed E-state index contributed by atoms with van der Waals surface area (Å²) < 4.78 is 245. The molecule has 0 atom stereocenters. The van der Waals surface area contributed by atoms with Crippen LogP contribution in [0, 0.1) is 0 Å². The zero-order valence-electron chi connectivity index (χ0n) is 13.5. The molecular formula is C8HF18KO3S. The van der Waals surface area contributed by atoms with Gasteiger partial charge in [0.05, 0.1) is 0 Å². The number of hydrogen-bond acceptors (Lipinski definition) is 3. The third-order valence-electron chi connectivity index (χ3n) is 2.68. The minimum atomic E-state index is -8.72. The topological polar surface area (TPSA) is 54.4 Å². The molecule has 0 aromatic carbocycles. The Labute approximate surface area is 201 Å². The van der Waals surface area contributed by atoms with Crippen LogP contribution in [0.4, 0.5) is 79.0 Å². The van der Waals surface area contributed by atoms with Gasteiger partial charge in [-0.25, -0.2) is 0 Å². The number of halogens is 18. The van der Waals surface area contributed by atoms with Crippen LogP contribution in [-0.4, -0.2) is 52.4 Å². The Kier molecular flexibility index (Phi) is 11.4. The summed E-state index contributed by atoms with van der Waals surface area (Å²) >= 11 is 0. The molecule has 1 N–H and O–H groups in total. The summed E-state index contributed by atoms with van der Waals surface area (Å²) in [5.41, 5.74) is 0. The van der Waals surface area contributed by atoms with Crippen LogP contribution in [0.3, 0.4) is 0 Å². The van der Waals surface area contributed by atoms with Crippen molar-refractivity contribution in [2.24, 2.45) is 0 Å². The van der Waals surface area contributed by atoms with E-state index in [1.165, 1.54) is 0 Å². The molecular weight excluding hydrogens is 557 g/mol. The van der Waals surface area contributed by atoms with E-state index in [2.05, 4.69) is 0 Å². The van der Waals surface area contributed by atoms with Crippen molar-refractivity contribution in [1.82, 2.24) is 0 Å². The van der Waals surface area contributed by atoms with Crippen LogP contribution < -0.4 is 51.4 Å². The van der Waals surface area contributed by atoms with Gasteiger partial charge in [0, 0.05) is 11.0 Å². The predicted octanol–water partition coefficient (Wildman–Crippen LogP) is 2.70. The van der Waals surface area contributed by atoms with Gasteiger partial charge in [-0.3, -0.25) is 0 Å². The molecule has 31 heavy (non-hydrogen) atoms. The molecule has 0 aliphatic carbocycles. The maximum absolute atomic E-state index is 12.8. The Hall–Kier alpha value is 0.286. The largest absolute Gasteiger partial charge is 1.00 e. The molecule has 0 saturated carbocycles. The first-order valence-corrected chi connectivity index (χ1v) is 6.70. The number of hydrogen-bond donors (Lipinski definition) is 1. The monoisotopic (exact) mass is 558 g/mol. The van der Waals surface area contributed by atoms with Crippen molar-refractivity contribution >= 4 is 11.0 Å². The van der Waals surface area contributed by atoms with E-state index in [9.17, 15) is 79.0 Å². The Morgan fingerprint density at radius 1 is 0.387 bits per heavy atom. The van der Waals surface area contributed by atoms with E-state index in [-0.39, 0.29) is 51.4 Å². The fourth-order valence-corrected chi connectivity index (χ4v) is 1.14. The summed E-state index contributed by atoms with van der Waals surface area (Å²) in [6, 6.07) is 0. The van der Waals surface area contributed by atoms with E-state index >= 15 is 0 Å². The molecule has 0 spiro atoms. The first-order valence-electron chi connectivity index (χ1n) is 5.67. The first kappa shape index (κ1) is 35.9. The Balaban J connectivity index is -0.00000143. The molecule has 184 valence electrons. The predicted molar refractivity (Wildman–Crippen MR) is 53.2 cm³/mol. The van der Waals surface area contributed by atoms with Crippen LogP contribution in [0.15, 0.2) is 0 Å². The smallest absolute Gasteiger partial charge is 0.439 e. The minimum Gasteiger partial charge on any atom is -0.439 e. The van der Waals surface area contributed by atoms with E-state index in [0.717, 1.165) is 0 Å². The average Bonchev–Trinajstić information content (AvgIpc) is 2.42. The van der Waals surface area contributed by atoms with Crippen molar-refractivity contribution in [2.75, 3.05) is 0 Å². The molecule has 0 rings (SSSR count). The van der Waals surface area contributed by atoms with Gasteiger partial charge < -0.3 is 13.0 Å². The Morgan fingerprint density at radius 3 is 0.581 bits per heavy atom. The Morgan fingerprint density at radius 2 is 0.484 bits per heavy atom. The van der Waals surface area contributed by atoms with E-state index in [1.54, 1.807) is 0 Å². The summed E-state index contributed by atoms with van der Waals surface area (Å²) in [5, 5.41) is 0. The second-order valence-corrected chi connectivity index (χ2v) is 5.09. The molecule has 3 nitrogen and oxygen atoms in total. The van der Waals surface area contributed by atoms with Crippen molar-refractivity contribution in [3.63, 3.8) is 0 Å². The average molecular weight is 558 g/mol. The minimum absolute atomic E-state index is 0. The van der Waals surface area contributed by atoms with Gasteiger partial charge in [0.15, 0.2) is 0 Å². The van der Waals surface area contributed by atoms with Gasteiger partial charge in [0.25, 0.3) is 0 Å². The van der Waals surface area contributed by atoms with Crippen LogP contribution >= 0.6 is 0 Å². The summed E-state index contributed by atoms with van der Waals surface area (Å²) in [5.74, 6) is -51.0. The summed E-state index contributed by atoms with van der Waals surface area (Å²) in [7, 11) is -2.86. The van der Waals surface area contributed by atoms with Crippen LogP contribution in [0.25, 0.3) is 0 Å². The third-order valence-corrected chi connectivity index (χ3v) is 2.68. The van der Waals surface area contributed by atoms with Crippen molar-refractivity contribution < 1.29 is 143 Å². The quantitative estimate of drug-likeness (QED) is 0.186. The first-order chi connectivity index (χ1) is 12.5. The molecule has 0 aromatic rings. The Bertz CT molecular complexity index is 620. The molecule has 0 aromatic heterocycles. The molecule has 0 aliphatic rings. The van der Waals surface area contributed by atoms with Crippen molar-refractivity contribution in [2.45, 2.75) is 47.9 Å².